The maximum absolute atomic E-state index is 12.3. The van der Waals surface area contributed by atoms with E-state index in [1.54, 1.807) is 24.3 Å². The van der Waals surface area contributed by atoms with Crippen molar-refractivity contribution >= 4 is 40.9 Å². The third-order valence-corrected chi connectivity index (χ3v) is 6.12. The summed E-state index contributed by atoms with van der Waals surface area (Å²) in [5.74, 6) is 1.47. The molecule has 8 nitrogen and oxygen atoms in total. The van der Waals surface area contributed by atoms with Crippen LogP contribution in [0, 0.1) is 13.8 Å². The predicted molar refractivity (Wildman–Crippen MR) is 123 cm³/mol. The summed E-state index contributed by atoms with van der Waals surface area (Å²) in [6.07, 6.45) is 0. The molecule has 162 valence electrons. The van der Waals surface area contributed by atoms with E-state index < -0.39 is 0 Å². The molecule has 0 bridgehead atoms. The van der Waals surface area contributed by atoms with Crippen molar-refractivity contribution in [3.8, 4) is 0 Å². The molecule has 3 aromatic rings. The summed E-state index contributed by atoms with van der Waals surface area (Å²) in [5.41, 5.74) is 3.13. The molecule has 3 rings (SSSR count). The molecule has 0 saturated heterocycles. The molecule has 0 fully saturated rings. The van der Waals surface area contributed by atoms with E-state index in [2.05, 4.69) is 25.5 Å². The summed E-state index contributed by atoms with van der Waals surface area (Å²) < 4.78 is 2.00. The fraction of sp³-hybridized carbons (Fsp3) is 0.333. The van der Waals surface area contributed by atoms with E-state index in [1.165, 1.54) is 30.4 Å². The molecule has 0 aliphatic rings. The Hall–Kier alpha value is -2.72. The molecule has 0 radical (unpaired) electrons. The molecule has 1 aromatic carbocycles. The Bertz CT molecular complexity index is 1060. The highest BCUT2D eigenvalue weighted by Gasteiger charge is 2.14. The highest BCUT2D eigenvalue weighted by molar-refractivity contribution is 7.99. The zero-order valence-corrected chi connectivity index (χ0v) is 19.5. The third-order valence-electron chi connectivity index (χ3n) is 4.31. The number of nitrogens with zero attached hydrogens (tertiary/aromatic N) is 5. The number of carbonyl (C=O) groups is 2. The van der Waals surface area contributed by atoms with Crippen LogP contribution >= 0.6 is 23.5 Å². The van der Waals surface area contributed by atoms with Crippen LogP contribution in [0.1, 0.15) is 41.4 Å². The van der Waals surface area contributed by atoms with Crippen LogP contribution in [-0.2, 0) is 17.1 Å². The molecule has 0 saturated carbocycles. The molecule has 1 amide bonds. The Labute approximate surface area is 189 Å². The van der Waals surface area contributed by atoms with Gasteiger partial charge in [0.25, 0.3) is 0 Å². The Balaban J connectivity index is 1.57. The summed E-state index contributed by atoms with van der Waals surface area (Å²) in [7, 11) is 0. The molecule has 0 aliphatic carbocycles. The second-order valence-corrected chi connectivity index (χ2v) is 8.72. The van der Waals surface area contributed by atoms with Gasteiger partial charge in [-0.15, -0.1) is 10.2 Å². The van der Waals surface area contributed by atoms with Crippen LogP contribution < -0.4 is 5.32 Å². The number of carbonyl (C=O) groups excluding carboxylic acids is 2. The lowest BCUT2D eigenvalue weighted by molar-refractivity contribution is -0.113. The Morgan fingerprint density at radius 1 is 1.03 bits per heavy atom. The number of anilines is 1. The van der Waals surface area contributed by atoms with Gasteiger partial charge in [-0.05, 0) is 58.0 Å². The SMILES string of the molecule is CCn1c(CSc2nc(C)cc(C)n2)nnc1SCC(=O)Nc1ccc(C(C)=O)cc1. The van der Waals surface area contributed by atoms with E-state index in [4.69, 9.17) is 0 Å². The molecule has 2 aromatic heterocycles. The van der Waals surface area contributed by atoms with Crippen molar-refractivity contribution in [3.05, 3.63) is 53.1 Å². The molecule has 0 atom stereocenters. The first-order chi connectivity index (χ1) is 14.9. The Morgan fingerprint density at radius 2 is 1.71 bits per heavy atom. The lowest BCUT2D eigenvalue weighted by Gasteiger charge is -2.08. The van der Waals surface area contributed by atoms with Gasteiger partial charge in [-0.25, -0.2) is 9.97 Å². The highest BCUT2D eigenvalue weighted by Crippen LogP contribution is 2.23. The van der Waals surface area contributed by atoms with Gasteiger partial charge in [-0.3, -0.25) is 9.59 Å². The molecule has 10 heteroatoms. The van der Waals surface area contributed by atoms with Crippen molar-refractivity contribution in [1.29, 1.82) is 0 Å². The Morgan fingerprint density at radius 3 is 2.32 bits per heavy atom. The predicted octanol–water partition coefficient (Wildman–Crippen LogP) is 3.93. The van der Waals surface area contributed by atoms with Crippen LogP contribution in [-0.4, -0.2) is 42.2 Å². The monoisotopic (exact) mass is 456 g/mol. The fourth-order valence-electron chi connectivity index (χ4n) is 2.85. The van der Waals surface area contributed by atoms with Crippen LogP contribution in [0.25, 0.3) is 0 Å². The smallest absolute Gasteiger partial charge is 0.234 e. The maximum atomic E-state index is 12.3. The first-order valence-electron chi connectivity index (χ1n) is 9.76. The number of Topliss-reactive ketones (excluding diaryl/α,β-unsaturated/α-hetero) is 1. The minimum atomic E-state index is -0.147. The van der Waals surface area contributed by atoms with E-state index in [1.807, 2.05) is 31.4 Å². The van der Waals surface area contributed by atoms with Gasteiger partial charge in [-0.2, -0.15) is 0 Å². The zero-order valence-electron chi connectivity index (χ0n) is 17.9. The van der Waals surface area contributed by atoms with E-state index in [0.717, 1.165) is 17.2 Å². The van der Waals surface area contributed by atoms with Crippen molar-refractivity contribution in [1.82, 2.24) is 24.7 Å². The first-order valence-corrected chi connectivity index (χ1v) is 11.7. The second kappa shape index (κ2) is 10.5. The van der Waals surface area contributed by atoms with Crippen molar-refractivity contribution in [2.24, 2.45) is 0 Å². The number of nitrogens with one attached hydrogen (secondary N) is 1. The van der Waals surface area contributed by atoms with E-state index in [-0.39, 0.29) is 17.4 Å². The number of benzene rings is 1. The molecule has 0 spiro atoms. The molecule has 0 aliphatic heterocycles. The normalized spacial score (nSPS) is 10.8. The van der Waals surface area contributed by atoms with Gasteiger partial charge in [0.15, 0.2) is 16.1 Å². The fourth-order valence-corrected chi connectivity index (χ4v) is 4.56. The minimum Gasteiger partial charge on any atom is -0.325 e. The van der Waals surface area contributed by atoms with Gasteiger partial charge in [0.2, 0.25) is 5.91 Å². The summed E-state index contributed by atoms with van der Waals surface area (Å²) in [4.78, 5) is 32.5. The van der Waals surface area contributed by atoms with Crippen LogP contribution in [0.5, 0.6) is 0 Å². The van der Waals surface area contributed by atoms with E-state index in [0.29, 0.717) is 33.9 Å². The van der Waals surface area contributed by atoms with Gasteiger partial charge < -0.3 is 9.88 Å². The van der Waals surface area contributed by atoms with Crippen LogP contribution in [0.3, 0.4) is 0 Å². The van der Waals surface area contributed by atoms with Crippen LogP contribution in [0.15, 0.2) is 40.6 Å². The lowest BCUT2D eigenvalue weighted by Crippen LogP contribution is -2.14. The number of amides is 1. The van der Waals surface area contributed by atoms with Crippen LogP contribution in [0.2, 0.25) is 0 Å². The van der Waals surface area contributed by atoms with Crippen molar-refractivity contribution < 1.29 is 9.59 Å². The van der Waals surface area contributed by atoms with Gasteiger partial charge >= 0.3 is 0 Å². The molecular formula is C21H24N6O2S2. The van der Waals surface area contributed by atoms with Crippen LogP contribution in [0.4, 0.5) is 5.69 Å². The molecule has 2 heterocycles. The standard InChI is InChI=1S/C21H24N6O2S2/c1-5-27-18(11-30-20-22-13(2)10-14(3)23-20)25-26-21(27)31-12-19(29)24-17-8-6-16(7-9-17)15(4)28/h6-10H,5,11-12H2,1-4H3,(H,24,29). The van der Waals surface area contributed by atoms with Gasteiger partial charge in [-0.1, -0.05) is 23.5 Å². The summed E-state index contributed by atoms with van der Waals surface area (Å²) in [5, 5.41) is 12.8. The van der Waals surface area contributed by atoms with Crippen molar-refractivity contribution in [2.75, 3.05) is 11.1 Å². The Kier molecular flexibility index (Phi) is 7.80. The summed E-state index contributed by atoms with van der Waals surface area (Å²) in [6.45, 7) is 8.13. The first kappa shape index (κ1) is 23.0. The van der Waals surface area contributed by atoms with Gasteiger partial charge in [0, 0.05) is 29.2 Å². The van der Waals surface area contributed by atoms with Gasteiger partial charge in [0.1, 0.15) is 5.82 Å². The minimum absolute atomic E-state index is 0.00889. The number of ketones is 1. The number of hydrogen-bond donors (Lipinski definition) is 1. The topological polar surface area (TPSA) is 103 Å². The molecular weight excluding hydrogens is 432 g/mol. The average Bonchev–Trinajstić information content (AvgIpc) is 3.12. The number of hydrogen-bond acceptors (Lipinski definition) is 8. The summed E-state index contributed by atoms with van der Waals surface area (Å²) in [6, 6.07) is 8.77. The zero-order chi connectivity index (χ0) is 22.4. The highest BCUT2D eigenvalue weighted by atomic mass is 32.2. The van der Waals surface area contributed by atoms with E-state index >= 15 is 0 Å². The third kappa shape index (κ3) is 6.38. The lowest BCUT2D eigenvalue weighted by atomic mass is 10.1. The summed E-state index contributed by atoms with van der Waals surface area (Å²) >= 11 is 2.85. The van der Waals surface area contributed by atoms with Crippen molar-refractivity contribution in [2.45, 2.75) is 50.3 Å². The number of rotatable bonds is 9. The van der Waals surface area contributed by atoms with Crippen molar-refractivity contribution in [3.63, 3.8) is 0 Å². The average molecular weight is 457 g/mol. The molecule has 0 unspecified atom stereocenters. The van der Waals surface area contributed by atoms with E-state index in [9.17, 15) is 9.59 Å². The quantitative estimate of drug-likeness (QED) is 0.293. The van der Waals surface area contributed by atoms with Gasteiger partial charge in [0.05, 0.1) is 11.5 Å². The largest absolute Gasteiger partial charge is 0.325 e. The maximum Gasteiger partial charge on any atom is 0.234 e. The number of aryl methyl sites for hydroxylation is 2. The second-order valence-electron chi connectivity index (χ2n) is 6.84. The molecule has 31 heavy (non-hydrogen) atoms. The number of aromatic nitrogens is 5. The molecule has 1 N–H and O–H groups in total. The number of thioether (sulfide) groups is 2.